The second-order valence-electron chi connectivity index (χ2n) is 5.22. The molecule has 0 amide bonds. The second kappa shape index (κ2) is 7.79. The molecule has 1 atom stereocenters. The number of para-hydroxylation sites is 2. The minimum absolute atomic E-state index is 0.0602. The molecule has 0 aliphatic rings. The number of carbonyl (C=O) groups excluding carboxylic acids is 1. The topological polar surface area (TPSA) is 118 Å². The normalized spacial score (nSPS) is 12.3. The van der Waals surface area contributed by atoms with Gasteiger partial charge in [0.05, 0.1) is 23.7 Å². The third-order valence-corrected chi connectivity index (χ3v) is 4.11. The first-order valence-electron chi connectivity index (χ1n) is 7.84. The van der Waals surface area contributed by atoms with Gasteiger partial charge < -0.3 is 9.30 Å². The van der Waals surface area contributed by atoms with E-state index in [2.05, 4.69) is 30.6 Å². The average molecular weight is 369 g/mol. The molecule has 10 heteroatoms. The molecule has 0 saturated carbocycles. The largest absolute Gasteiger partial charge is 0.465 e. The predicted octanol–water partition coefficient (Wildman–Crippen LogP) is 3.11. The van der Waals surface area contributed by atoms with Gasteiger partial charge in [-0.15, -0.1) is 5.11 Å². The average Bonchev–Trinajstić information content (AvgIpc) is 3.20. The molecular weight excluding hydrogens is 354 g/mol. The van der Waals surface area contributed by atoms with Crippen molar-refractivity contribution < 1.29 is 9.53 Å². The van der Waals surface area contributed by atoms with E-state index in [4.69, 9.17) is 4.74 Å². The Morgan fingerprint density at radius 1 is 1.42 bits per heavy atom. The van der Waals surface area contributed by atoms with Crippen LogP contribution in [0.5, 0.6) is 0 Å². The summed E-state index contributed by atoms with van der Waals surface area (Å²) in [5.41, 5.74) is 1.38. The minimum Gasteiger partial charge on any atom is -0.465 e. The fourth-order valence-electron chi connectivity index (χ4n) is 2.37. The van der Waals surface area contributed by atoms with Crippen molar-refractivity contribution in [3.63, 3.8) is 0 Å². The van der Waals surface area contributed by atoms with Crippen LogP contribution < -0.4 is 0 Å². The van der Waals surface area contributed by atoms with Gasteiger partial charge in [0.25, 0.3) is 0 Å². The van der Waals surface area contributed by atoms with E-state index < -0.39 is 12.0 Å². The quantitative estimate of drug-likeness (QED) is 0.486. The molecule has 3 aromatic rings. The van der Waals surface area contributed by atoms with Gasteiger partial charge in [-0.05, 0) is 26.0 Å². The van der Waals surface area contributed by atoms with Crippen molar-refractivity contribution in [3.05, 3.63) is 35.9 Å². The molecule has 0 bridgehead atoms. The summed E-state index contributed by atoms with van der Waals surface area (Å²) in [6, 6.07) is 8.38. The summed E-state index contributed by atoms with van der Waals surface area (Å²) in [6.07, 6.45) is 0. The van der Waals surface area contributed by atoms with Gasteiger partial charge in [-0.1, -0.05) is 12.1 Å². The molecule has 3 rings (SSSR count). The van der Waals surface area contributed by atoms with Crippen LogP contribution in [-0.4, -0.2) is 31.5 Å². The monoisotopic (exact) mass is 369 g/mol. The highest BCUT2D eigenvalue weighted by molar-refractivity contribution is 7.09. The number of hydrogen-bond donors (Lipinski definition) is 0. The van der Waals surface area contributed by atoms with Crippen LogP contribution in [0.15, 0.2) is 34.5 Å². The number of aromatic nitrogens is 4. The van der Waals surface area contributed by atoms with Gasteiger partial charge in [0.2, 0.25) is 11.2 Å². The molecule has 0 aliphatic carbocycles. The van der Waals surface area contributed by atoms with E-state index in [-0.39, 0.29) is 13.2 Å². The van der Waals surface area contributed by atoms with Crippen molar-refractivity contribution in [1.29, 1.82) is 5.26 Å². The van der Waals surface area contributed by atoms with Crippen molar-refractivity contribution in [2.24, 2.45) is 10.2 Å². The summed E-state index contributed by atoms with van der Waals surface area (Å²) < 4.78 is 10.7. The summed E-state index contributed by atoms with van der Waals surface area (Å²) in [4.78, 5) is 20.5. The van der Waals surface area contributed by atoms with Gasteiger partial charge in [0.1, 0.15) is 12.4 Å². The number of azo groups is 1. The Bertz CT molecular complexity index is 1000. The van der Waals surface area contributed by atoms with E-state index in [0.29, 0.717) is 22.3 Å². The van der Waals surface area contributed by atoms with E-state index in [0.717, 1.165) is 17.0 Å². The van der Waals surface area contributed by atoms with Crippen LogP contribution in [0.1, 0.15) is 24.6 Å². The Balaban J connectivity index is 1.99. The zero-order valence-electron chi connectivity index (χ0n) is 14.2. The fraction of sp³-hybridized carbons (Fsp3) is 0.312. The molecule has 2 aromatic heterocycles. The van der Waals surface area contributed by atoms with Crippen LogP contribution >= 0.6 is 11.5 Å². The van der Waals surface area contributed by atoms with E-state index in [1.165, 1.54) is 0 Å². The van der Waals surface area contributed by atoms with Crippen molar-refractivity contribution in [3.8, 4) is 6.07 Å². The first-order chi connectivity index (χ1) is 12.6. The molecule has 0 fully saturated rings. The summed E-state index contributed by atoms with van der Waals surface area (Å²) in [7, 11) is 0. The van der Waals surface area contributed by atoms with E-state index >= 15 is 0 Å². The number of esters is 1. The molecule has 132 valence electrons. The smallest absolute Gasteiger partial charge is 0.326 e. The molecule has 9 nitrogen and oxygen atoms in total. The molecule has 2 heterocycles. The zero-order chi connectivity index (χ0) is 18.5. The third-order valence-electron chi connectivity index (χ3n) is 3.42. The molecule has 0 spiro atoms. The number of nitriles is 1. The molecule has 0 aliphatic heterocycles. The Kier molecular flexibility index (Phi) is 5.28. The van der Waals surface area contributed by atoms with Gasteiger partial charge >= 0.3 is 5.97 Å². The molecule has 1 unspecified atom stereocenters. The Morgan fingerprint density at radius 3 is 2.92 bits per heavy atom. The van der Waals surface area contributed by atoms with Crippen LogP contribution in [0.4, 0.5) is 5.13 Å². The van der Waals surface area contributed by atoms with Gasteiger partial charge in [-0.2, -0.15) is 14.7 Å². The van der Waals surface area contributed by atoms with Gasteiger partial charge in [-0.25, -0.2) is 9.97 Å². The van der Waals surface area contributed by atoms with Crippen LogP contribution in [-0.2, 0) is 16.1 Å². The van der Waals surface area contributed by atoms with Crippen LogP contribution in [0, 0.1) is 18.3 Å². The first kappa shape index (κ1) is 17.6. The SMILES string of the molecule is CCOC(=O)Cn1c(C(C#N)N=Nc2nc(C)ns2)nc2ccccc21. The van der Waals surface area contributed by atoms with Crippen LogP contribution in [0.2, 0.25) is 0 Å². The number of benzene rings is 1. The van der Waals surface area contributed by atoms with E-state index in [9.17, 15) is 10.1 Å². The standard InChI is InChI=1S/C16H15N7O2S/c1-3-25-14(24)9-23-13-7-5-4-6-11(13)19-15(23)12(8-17)20-21-16-18-10(2)22-26-16/h4-7,12H,3,9H2,1-2H3. The maximum Gasteiger partial charge on any atom is 0.326 e. The Morgan fingerprint density at radius 2 is 2.23 bits per heavy atom. The summed E-state index contributed by atoms with van der Waals surface area (Å²) >= 11 is 1.09. The molecule has 0 saturated heterocycles. The lowest BCUT2D eigenvalue weighted by atomic mass is 10.3. The first-order valence-corrected chi connectivity index (χ1v) is 8.61. The molecule has 0 N–H and O–H groups in total. The minimum atomic E-state index is -0.985. The second-order valence-corrected chi connectivity index (χ2v) is 5.95. The summed E-state index contributed by atoms with van der Waals surface area (Å²) in [6.45, 7) is 3.70. The maximum atomic E-state index is 12.0. The predicted molar refractivity (Wildman–Crippen MR) is 93.9 cm³/mol. The molecular formula is C16H15N7O2S. The highest BCUT2D eigenvalue weighted by Gasteiger charge is 2.22. The zero-order valence-corrected chi connectivity index (χ0v) is 15.0. The number of fused-ring (bicyclic) bond motifs is 1. The van der Waals surface area contributed by atoms with E-state index in [1.807, 2.05) is 18.2 Å². The number of nitrogens with zero attached hydrogens (tertiary/aromatic N) is 7. The van der Waals surface area contributed by atoms with Gasteiger partial charge in [0, 0.05) is 11.5 Å². The Labute approximate surface area is 153 Å². The maximum absolute atomic E-state index is 12.0. The number of carbonyl (C=O) groups is 1. The lowest BCUT2D eigenvalue weighted by Crippen LogP contribution is -2.16. The lowest BCUT2D eigenvalue weighted by molar-refractivity contribution is -0.143. The van der Waals surface area contributed by atoms with Crippen molar-refractivity contribution >= 4 is 33.7 Å². The number of aryl methyl sites for hydroxylation is 1. The third kappa shape index (κ3) is 3.73. The summed E-state index contributed by atoms with van der Waals surface area (Å²) in [5.74, 6) is 0.504. The van der Waals surface area contributed by atoms with Gasteiger partial charge in [-0.3, -0.25) is 4.79 Å². The number of hydrogen-bond acceptors (Lipinski definition) is 9. The fourth-order valence-corrected chi connectivity index (χ4v) is 2.89. The van der Waals surface area contributed by atoms with Crippen molar-refractivity contribution in [2.75, 3.05) is 6.61 Å². The molecule has 26 heavy (non-hydrogen) atoms. The van der Waals surface area contributed by atoms with E-state index in [1.54, 1.807) is 24.5 Å². The van der Waals surface area contributed by atoms with Crippen LogP contribution in [0.25, 0.3) is 11.0 Å². The lowest BCUT2D eigenvalue weighted by Gasteiger charge is -2.09. The molecule has 1 aromatic carbocycles. The van der Waals surface area contributed by atoms with Crippen molar-refractivity contribution in [2.45, 2.75) is 26.4 Å². The van der Waals surface area contributed by atoms with Crippen molar-refractivity contribution in [1.82, 2.24) is 18.9 Å². The van der Waals surface area contributed by atoms with Crippen LogP contribution in [0.3, 0.4) is 0 Å². The highest BCUT2D eigenvalue weighted by Crippen LogP contribution is 2.25. The van der Waals surface area contributed by atoms with Gasteiger partial charge in [0.15, 0.2) is 5.82 Å². The molecule has 0 radical (unpaired) electrons. The summed E-state index contributed by atoms with van der Waals surface area (Å²) in [5, 5.41) is 17.9. The number of rotatable bonds is 6. The number of imidazole rings is 1. The highest BCUT2D eigenvalue weighted by atomic mass is 32.1. The Hall–Kier alpha value is -3.19. The number of ether oxygens (including phenoxy) is 1.